The van der Waals surface area contributed by atoms with Crippen molar-refractivity contribution < 1.29 is 14.0 Å². The number of hydrogen-bond donors (Lipinski definition) is 2. The number of nitrogens with one attached hydrogen (secondary N) is 2. The summed E-state index contributed by atoms with van der Waals surface area (Å²) in [5.41, 5.74) is 0.931. The van der Waals surface area contributed by atoms with Crippen LogP contribution in [0, 0.1) is 5.82 Å². The molecule has 0 radical (unpaired) electrons. The van der Waals surface area contributed by atoms with Crippen molar-refractivity contribution in [2.75, 3.05) is 5.32 Å². The van der Waals surface area contributed by atoms with E-state index in [0.29, 0.717) is 11.3 Å². The Hall–Kier alpha value is -2.47. The summed E-state index contributed by atoms with van der Waals surface area (Å²) in [6, 6.07) is 6.55. The van der Waals surface area contributed by atoms with E-state index in [-0.39, 0.29) is 5.02 Å². The van der Waals surface area contributed by atoms with Gasteiger partial charge in [0, 0.05) is 11.2 Å². The van der Waals surface area contributed by atoms with Gasteiger partial charge in [-0.25, -0.2) is 4.39 Å². The molecule has 0 saturated carbocycles. The van der Waals surface area contributed by atoms with Crippen molar-refractivity contribution in [3.8, 4) is 0 Å². The van der Waals surface area contributed by atoms with E-state index in [2.05, 4.69) is 15.6 Å². The molecule has 1 heterocycles. The van der Waals surface area contributed by atoms with E-state index in [1.165, 1.54) is 18.3 Å². The van der Waals surface area contributed by atoms with Gasteiger partial charge in [0.05, 0.1) is 17.9 Å². The number of hydrogen-bond acceptors (Lipinski definition) is 3. The first-order valence-electron chi connectivity index (χ1n) is 6.44. The molecule has 5 nitrogen and oxygen atoms in total. The number of nitrogens with zero attached hydrogens (tertiary/aromatic N) is 1. The smallest absolute Gasteiger partial charge is 0.313 e. The van der Waals surface area contributed by atoms with Crippen molar-refractivity contribution >= 4 is 29.1 Å². The second kappa shape index (κ2) is 7.00. The monoisotopic (exact) mass is 321 g/mol. The van der Waals surface area contributed by atoms with Gasteiger partial charge in [-0.15, -0.1) is 0 Å². The molecule has 0 saturated heterocycles. The molecule has 1 atom stereocenters. The van der Waals surface area contributed by atoms with Gasteiger partial charge in [-0.1, -0.05) is 17.7 Å². The molecule has 7 heteroatoms. The Morgan fingerprint density at radius 3 is 2.68 bits per heavy atom. The van der Waals surface area contributed by atoms with Crippen LogP contribution in [-0.4, -0.2) is 16.8 Å². The Morgan fingerprint density at radius 1 is 1.27 bits per heavy atom. The molecular formula is C15H13ClFN3O2. The second-order valence-corrected chi connectivity index (χ2v) is 4.96. The fourth-order valence-corrected chi connectivity index (χ4v) is 2.15. The van der Waals surface area contributed by atoms with E-state index in [1.54, 1.807) is 25.3 Å². The number of carbonyl (C=O) groups is 2. The van der Waals surface area contributed by atoms with E-state index in [0.717, 1.165) is 6.07 Å². The van der Waals surface area contributed by atoms with Crippen molar-refractivity contribution in [3.05, 3.63) is 59.1 Å². The summed E-state index contributed by atoms with van der Waals surface area (Å²) in [7, 11) is 0. The summed E-state index contributed by atoms with van der Waals surface area (Å²) >= 11 is 5.92. The van der Waals surface area contributed by atoms with Crippen LogP contribution >= 0.6 is 11.6 Å². The minimum absolute atomic E-state index is 0.181. The molecule has 0 spiro atoms. The van der Waals surface area contributed by atoms with Crippen LogP contribution in [-0.2, 0) is 9.59 Å². The standard InChI is InChI=1S/C15H13ClFN3O2/c1-9(12-5-4-10(17)7-13(12)16)19-14(21)15(22)20-11-3-2-6-18-8-11/h2-9H,1H3,(H,19,21)(H,20,22)/t9-/m1/s1. The summed E-state index contributed by atoms with van der Waals surface area (Å²) in [5, 5.41) is 5.09. The van der Waals surface area contributed by atoms with Crippen LogP contribution in [0.15, 0.2) is 42.7 Å². The zero-order valence-corrected chi connectivity index (χ0v) is 12.4. The summed E-state index contributed by atoms with van der Waals surface area (Å²) in [5.74, 6) is -2.11. The zero-order valence-electron chi connectivity index (χ0n) is 11.6. The third-order valence-corrected chi connectivity index (χ3v) is 3.23. The normalized spacial score (nSPS) is 11.6. The number of carbonyl (C=O) groups excluding carboxylic acids is 2. The highest BCUT2D eigenvalue weighted by atomic mass is 35.5. The number of halogens is 2. The highest BCUT2D eigenvalue weighted by Crippen LogP contribution is 2.23. The van der Waals surface area contributed by atoms with Gasteiger partial charge < -0.3 is 10.6 Å². The van der Waals surface area contributed by atoms with Gasteiger partial charge in [-0.3, -0.25) is 14.6 Å². The molecule has 0 bridgehead atoms. The Bertz CT molecular complexity index is 694. The third-order valence-electron chi connectivity index (χ3n) is 2.90. The summed E-state index contributed by atoms with van der Waals surface area (Å²) in [6.45, 7) is 1.65. The van der Waals surface area contributed by atoms with Gasteiger partial charge in [0.1, 0.15) is 5.82 Å². The Labute approximate surface area is 131 Å². The van der Waals surface area contributed by atoms with Gasteiger partial charge in [0.15, 0.2) is 0 Å². The summed E-state index contributed by atoms with van der Waals surface area (Å²) in [4.78, 5) is 27.4. The molecule has 0 fully saturated rings. The van der Waals surface area contributed by atoms with Crippen LogP contribution in [0.2, 0.25) is 5.02 Å². The molecule has 2 aromatic rings. The van der Waals surface area contributed by atoms with E-state index >= 15 is 0 Å². The molecule has 0 aliphatic rings. The molecule has 2 N–H and O–H groups in total. The van der Waals surface area contributed by atoms with Crippen molar-refractivity contribution in [1.29, 1.82) is 0 Å². The lowest BCUT2D eigenvalue weighted by Gasteiger charge is -2.15. The maximum atomic E-state index is 13.0. The van der Waals surface area contributed by atoms with Crippen LogP contribution < -0.4 is 10.6 Å². The summed E-state index contributed by atoms with van der Waals surface area (Å²) < 4.78 is 13.0. The van der Waals surface area contributed by atoms with Crippen LogP contribution in [0.4, 0.5) is 10.1 Å². The maximum Gasteiger partial charge on any atom is 0.313 e. The maximum absolute atomic E-state index is 13.0. The number of rotatable bonds is 3. The fourth-order valence-electron chi connectivity index (χ4n) is 1.82. The average molecular weight is 322 g/mol. The molecule has 1 aromatic carbocycles. The molecule has 0 aliphatic carbocycles. The predicted molar refractivity (Wildman–Crippen MR) is 80.8 cm³/mol. The van der Waals surface area contributed by atoms with E-state index in [9.17, 15) is 14.0 Å². The minimum atomic E-state index is -0.822. The Balaban J connectivity index is 2.00. The highest BCUT2D eigenvalue weighted by Gasteiger charge is 2.18. The lowest BCUT2D eigenvalue weighted by molar-refractivity contribution is -0.136. The number of benzene rings is 1. The van der Waals surface area contributed by atoms with Gasteiger partial charge >= 0.3 is 11.8 Å². The van der Waals surface area contributed by atoms with Crippen molar-refractivity contribution in [2.45, 2.75) is 13.0 Å². The van der Waals surface area contributed by atoms with Crippen molar-refractivity contribution in [2.24, 2.45) is 0 Å². The second-order valence-electron chi connectivity index (χ2n) is 4.56. The van der Waals surface area contributed by atoms with Gasteiger partial charge in [0.25, 0.3) is 0 Å². The van der Waals surface area contributed by atoms with Gasteiger partial charge in [-0.2, -0.15) is 0 Å². The van der Waals surface area contributed by atoms with E-state index in [1.807, 2.05) is 0 Å². The first kappa shape index (κ1) is 15.9. The summed E-state index contributed by atoms with van der Waals surface area (Å²) in [6.07, 6.45) is 2.97. The molecule has 2 rings (SSSR count). The molecule has 114 valence electrons. The third kappa shape index (κ3) is 4.02. The molecular weight excluding hydrogens is 309 g/mol. The molecule has 0 aliphatic heterocycles. The minimum Gasteiger partial charge on any atom is -0.341 e. The quantitative estimate of drug-likeness (QED) is 0.854. The number of pyridine rings is 1. The Morgan fingerprint density at radius 2 is 2.05 bits per heavy atom. The van der Waals surface area contributed by atoms with Crippen molar-refractivity contribution in [3.63, 3.8) is 0 Å². The number of amides is 2. The van der Waals surface area contributed by atoms with E-state index in [4.69, 9.17) is 11.6 Å². The van der Waals surface area contributed by atoms with Crippen LogP contribution in [0.5, 0.6) is 0 Å². The topological polar surface area (TPSA) is 71.1 Å². The van der Waals surface area contributed by atoms with Crippen LogP contribution in [0.1, 0.15) is 18.5 Å². The molecule has 22 heavy (non-hydrogen) atoms. The first-order chi connectivity index (χ1) is 10.5. The predicted octanol–water partition coefficient (Wildman–Crippen LogP) is 2.69. The first-order valence-corrected chi connectivity index (χ1v) is 6.82. The zero-order chi connectivity index (χ0) is 16.1. The van der Waals surface area contributed by atoms with Crippen LogP contribution in [0.25, 0.3) is 0 Å². The largest absolute Gasteiger partial charge is 0.341 e. The highest BCUT2D eigenvalue weighted by molar-refractivity contribution is 6.39. The average Bonchev–Trinajstić information content (AvgIpc) is 2.47. The van der Waals surface area contributed by atoms with Crippen molar-refractivity contribution in [1.82, 2.24) is 10.3 Å². The SMILES string of the molecule is C[C@@H](NC(=O)C(=O)Nc1cccnc1)c1ccc(F)cc1Cl. The lowest BCUT2D eigenvalue weighted by atomic mass is 10.1. The Kier molecular flexibility index (Phi) is 5.06. The van der Waals surface area contributed by atoms with E-state index < -0.39 is 23.7 Å². The van der Waals surface area contributed by atoms with Gasteiger partial charge in [-0.05, 0) is 36.8 Å². The fraction of sp³-hybridized carbons (Fsp3) is 0.133. The molecule has 0 unspecified atom stereocenters. The molecule has 2 amide bonds. The van der Waals surface area contributed by atoms with Crippen LogP contribution in [0.3, 0.4) is 0 Å². The van der Waals surface area contributed by atoms with Gasteiger partial charge in [0.2, 0.25) is 0 Å². The number of anilines is 1. The lowest BCUT2D eigenvalue weighted by Crippen LogP contribution is -2.37. The molecule has 1 aromatic heterocycles. The number of aromatic nitrogens is 1.